The molecule has 0 aliphatic carbocycles. The van der Waals surface area contributed by atoms with Crippen molar-refractivity contribution < 1.29 is 38.1 Å². The molecule has 210 valence electrons. The fourth-order valence-electron chi connectivity index (χ4n) is 4.38. The number of Topliss-reactive ketones (excluding diaryl/α,β-unsaturated/α-hetero) is 1. The summed E-state index contributed by atoms with van der Waals surface area (Å²) in [5, 5.41) is 15.6. The van der Waals surface area contributed by atoms with E-state index in [1.165, 1.54) is 18.2 Å². The van der Waals surface area contributed by atoms with E-state index in [-0.39, 0.29) is 23.3 Å². The standard InChI is InChI=1S/C27H27F2NO2.C4H4O4/c28-23-11-9-20(10-12-23)27(31)21-13-15-30(16-14-21)17-18-32-19-22-5-1-2-6-24(22)25-7-3-4-8-26(25)29;5-3(6)1-2-4(7)8/h1-12,21H,13-19H2;1-2H,(H,5,6)(H,7,8). The van der Waals surface area contributed by atoms with Crippen molar-refractivity contribution in [3.63, 3.8) is 0 Å². The number of benzene rings is 3. The van der Waals surface area contributed by atoms with Crippen LogP contribution in [0.1, 0.15) is 28.8 Å². The molecule has 1 aliphatic rings. The van der Waals surface area contributed by atoms with Gasteiger partial charge in [-0.05, 0) is 67.4 Å². The summed E-state index contributed by atoms with van der Waals surface area (Å²) < 4.78 is 33.2. The lowest BCUT2D eigenvalue weighted by molar-refractivity contribution is -0.134. The molecule has 3 aromatic rings. The summed E-state index contributed by atoms with van der Waals surface area (Å²) in [6.07, 6.45) is 2.71. The molecule has 3 aromatic carbocycles. The molecule has 7 nitrogen and oxygen atoms in total. The second-order valence-corrected chi connectivity index (χ2v) is 9.19. The first-order valence-corrected chi connectivity index (χ1v) is 12.8. The number of piperidine rings is 1. The fraction of sp³-hybridized carbons (Fsp3) is 0.258. The van der Waals surface area contributed by atoms with E-state index in [1.807, 2.05) is 30.3 Å². The third-order valence-corrected chi connectivity index (χ3v) is 6.45. The van der Waals surface area contributed by atoms with Crippen LogP contribution in [-0.2, 0) is 20.9 Å². The molecular weight excluding hydrogens is 520 g/mol. The number of likely N-dealkylation sites (tertiary alicyclic amines) is 1. The molecule has 1 aliphatic heterocycles. The van der Waals surface area contributed by atoms with E-state index in [0.29, 0.717) is 36.5 Å². The molecule has 0 saturated carbocycles. The molecule has 0 aromatic heterocycles. The lowest BCUT2D eigenvalue weighted by Gasteiger charge is -2.31. The predicted molar refractivity (Wildman–Crippen MR) is 146 cm³/mol. The first kappa shape index (κ1) is 30.3. The molecule has 9 heteroatoms. The quantitative estimate of drug-likeness (QED) is 0.196. The van der Waals surface area contributed by atoms with Gasteiger partial charge in [0.1, 0.15) is 11.6 Å². The van der Waals surface area contributed by atoms with E-state index in [2.05, 4.69) is 4.90 Å². The largest absolute Gasteiger partial charge is 0.478 e. The van der Waals surface area contributed by atoms with Gasteiger partial charge in [0.2, 0.25) is 0 Å². The van der Waals surface area contributed by atoms with Crippen LogP contribution in [-0.4, -0.2) is 59.1 Å². The predicted octanol–water partition coefficient (Wildman–Crippen LogP) is 5.46. The molecule has 0 unspecified atom stereocenters. The first-order valence-electron chi connectivity index (χ1n) is 12.8. The second-order valence-electron chi connectivity index (χ2n) is 9.19. The van der Waals surface area contributed by atoms with Crippen LogP contribution in [0, 0.1) is 17.6 Å². The minimum Gasteiger partial charge on any atom is -0.478 e. The van der Waals surface area contributed by atoms with E-state index in [1.54, 1.807) is 24.3 Å². The molecule has 2 N–H and O–H groups in total. The summed E-state index contributed by atoms with van der Waals surface area (Å²) in [4.78, 5) is 34.0. The zero-order valence-corrected chi connectivity index (χ0v) is 21.8. The topological polar surface area (TPSA) is 104 Å². The second kappa shape index (κ2) is 15.4. The molecule has 0 spiro atoms. The fourth-order valence-corrected chi connectivity index (χ4v) is 4.38. The van der Waals surface area contributed by atoms with Gasteiger partial charge in [-0.3, -0.25) is 4.79 Å². The highest BCUT2D eigenvalue weighted by Crippen LogP contribution is 2.27. The van der Waals surface area contributed by atoms with E-state index in [9.17, 15) is 23.2 Å². The molecule has 0 radical (unpaired) electrons. The highest BCUT2D eigenvalue weighted by molar-refractivity contribution is 5.97. The molecule has 1 heterocycles. The van der Waals surface area contributed by atoms with E-state index >= 15 is 0 Å². The number of hydrogen-bond donors (Lipinski definition) is 2. The van der Waals surface area contributed by atoms with Crippen LogP contribution >= 0.6 is 0 Å². The number of aliphatic carboxylic acids is 2. The van der Waals surface area contributed by atoms with Crippen LogP contribution in [0.4, 0.5) is 8.78 Å². The van der Waals surface area contributed by atoms with E-state index in [4.69, 9.17) is 14.9 Å². The van der Waals surface area contributed by atoms with Crippen LogP contribution in [0.25, 0.3) is 11.1 Å². The van der Waals surface area contributed by atoms with Gasteiger partial charge < -0.3 is 19.8 Å². The maximum Gasteiger partial charge on any atom is 0.328 e. The number of rotatable bonds is 10. The van der Waals surface area contributed by atoms with Gasteiger partial charge in [-0.15, -0.1) is 0 Å². The Hall–Kier alpha value is -4.21. The normalized spacial score (nSPS) is 13.9. The minimum absolute atomic E-state index is 0.00900. The number of carboxylic acids is 2. The van der Waals surface area contributed by atoms with Crippen LogP contribution in [0.15, 0.2) is 84.9 Å². The average molecular weight is 552 g/mol. The van der Waals surface area contributed by atoms with Crippen molar-refractivity contribution in [1.29, 1.82) is 0 Å². The monoisotopic (exact) mass is 551 g/mol. The average Bonchev–Trinajstić information content (AvgIpc) is 2.95. The summed E-state index contributed by atoms with van der Waals surface area (Å²) in [5.41, 5.74) is 2.98. The number of carboxylic acid groups (broad SMARTS) is 2. The molecular formula is C31H31F2NO6. The molecule has 4 rings (SSSR count). The molecule has 1 fully saturated rings. The summed E-state index contributed by atoms with van der Waals surface area (Å²) in [7, 11) is 0. The smallest absolute Gasteiger partial charge is 0.328 e. The molecule has 0 atom stereocenters. The van der Waals surface area contributed by atoms with Gasteiger partial charge in [0.15, 0.2) is 5.78 Å². The van der Waals surface area contributed by atoms with Crippen LogP contribution in [0.2, 0.25) is 0 Å². The Balaban J connectivity index is 0.000000482. The van der Waals surface area contributed by atoms with Gasteiger partial charge in [-0.2, -0.15) is 0 Å². The Kier molecular flexibility index (Phi) is 11.7. The summed E-state index contributed by atoms with van der Waals surface area (Å²) in [6.45, 7) is 3.46. The Morgan fingerprint density at radius 2 is 1.40 bits per heavy atom. The highest BCUT2D eigenvalue weighted by atomic mass is 19.1. The number of ether oxygens (including phenoxy) is 1. The number of ketones is 1. The molecule has 40 heavy (non-hydrogen) atoms. The Morgan fingerprint density at radius 1 is 0.825 bits per heavy atom. The maximum absolute atomic E-state index is 14.2. The van der Waals surface area contributed by atoms with Gasteiger partial charge in [-0.1, -0.05) is 42.5 Å². The number of carbonyl (C=O) groups is 3. The van der Waals surface area contributed by atoms with Crippen LogP contribution in [0.5, 0.6) is 0 Å². The SMILES string of the molecule is O=C(O)C=CC(=O)O.O=C(c1ccc(F)cc1)C1CCN(CCOCc2ccccc2-c2ccccc2F)CC1. The van der Waals surface area contributed by atoms with Gasteiger partial charge in [-0.25, -0.2) is 18.4 Å². The highest BCUT2D eigenvalue weighted by Gasteiger charge is 2.25. The Bertz CT molecular complexity index is 1300. The van der Waals surface area contributed by atoms with Crippen molar-refractivity contribution in [2.24, 2.45) is 5.92 Å². The van der Waals surface area contributed by atoms with E-state index < -0.39 is 11.9 Å². The molecule has 1 saturated heterocycles. The van der Waals surface area contributed by atoms with Crippen LogP contribution in [0.3, 0.4) is 0 Å². The number of nitrogens with zero attached hydrogens (tertiary/aromatic N) is 1. The zero-order chi connectivity index (χ0) is 28.9. The van der Waals surface area contributed by atoms with E-state index in [0.717, 1.165) is 43.6 Å². The minimum atomic E-state index is -1.26. The Labute approximate surface area is 231 Å². The third-order valence-electron chi connectivity index (χ3n) is 6.45. The van der Waals surface area contributed by atoms with Crippen molar-refractivity contribution in [3.05, 3.63) is 108 Å². The molecule has 0 bridgehead atoms. The van der Waals surface area contributed by atoms with Crippen molar-refractivity contribution in [2.45, 2.75) is 19.4 Å². The zero-order valence-electron chi connectivity index (χ0n) is 21.8. The summed E-state index contributed by atoms with van der Waals surface area (Å²) in [6, 6.07) is 20.3. The Morgan fingerprint density at radius 3 is 2.00 bits per heavy atom. The number of halogens is 2. The van der Waals surface area contributed by atoms with Gasteiger partial charge in [0.05, 0.1) is 13.2 Å². The lowest BCUT2D eigenvalue weighted by atomic mass is 9.89. The summed E-state index contributed by atoms with van der Waals surface area (Å²) >= 11 is 0. The summed E-state index contributed by atoms with van der Waals surface area (Å²) in [5.74, 6) is -2.98. The third kappa shape index (κ3) is 9.52. The maximum atomic E-state index is 14.2. The lowest BCUT2D eigenvalue weighted by Crippen LogP contribution is -2.38. The van der Waals surface area contributed by atoms with Gasteiger partial charge in [0, 0.05) is 35.7 Å². The van der Waals surface area contributed by atoms with Crippen molar-refractivity contribution >= 4 is 17.7 Å². The van der Waals surface area contributed by atoms with Crippen molar-refractivity contribution in [1.82, 2.24) is 4.90 Å². The number of hydrogen-bond acceptors (Lipinski definition) is 5. The van der Waals surface area contributed by atoms with Crippen LogP contribution < -0.4 is 0 Å². The van der Waals surface area contributed by atoms with Crippen molar-refractivity contribution in [3.8, 4) is 11.1 Å². The molecule has 0 amide bonds. The number of carbonyl (C=O) groups excluding carboxylic acids is 1. The van der Waals surface area contributed by atoms with Gasteiger partial charge in [0.25, 0.3) is 0 Å². The van der Waals surface area contributed by atoms with Gasteiger partial charge >= 0.3 is 11.9 Å². The van der Waals surface area contributed by atoms with Crippen molar-refractivity contribution in [2.75, 3.05) is 26.2 Å². The first-order chi connectivity index (χ1) is 19.2.